The molecule has 78 valence electrons. The molecule has 1 heteroatoms. The van der Waals surface area contributed by atoms with Crippen LogP contribution in [0.1, 0.15) is 5.56 Å². The predicted molar refractivity (Wildman–Crippen MR) is 71.1 cm³/mol. The third-order valence-corrected chi connectivity index (χ3v) is 5.21. The average molecular weight is 271 g/mol. The van der Waals surface area contributed by atoms with Crippen molar-refractivity contribution in [3.05, 3.63) is 60.2 Å². The molecule has 0 nitrogen and oxygen atoms in total. The quantitative estimate of drug-likeness (QED) is 0.589. The molecule has 3 aromatic rings. The Balaban J connectivity index is 2.15. The van der Waals surface area contributed by atoms with Crippen molar-refractivity contribution in [3.8, 4) is 10.0 Å². The molecule has 16 heavy (non-hydrogen) atoms. The van der Waals surface area contributed by atoms with Crippen LogP contribution in [0.3, 0.4) is 0 Å². The van der Waals surface area contributed by atoms with Crippen molar-refractivity contribution in [1.82, 2.24) is 0 Å². The second-order valence-electron chi connectivity index (χ2n) is 4.01. The van der Waals surface area contributed by atoms with E-state index in [1.165, 1.54) is 25.2 Å². The van der Waals surface area contributed by atoms with E-state index >= 15 is 0 Å². The summed E-state index contributed by atoms with van der Waals surface area (Å²) in [7, 11) is 0. The van der Waals surface area contributed by atoms with Crippen LogP contribution in [-0.2, 0) is 0 Å². The van der Waals surface area contributed by atoms with Gasteiger partial charge in [0, 0.05) is 0 Å². The summed E-state index contributed by atoms with van der Waals surface area (Å²) in [6.45, 7) is 2.13. The van der Waals surface area contributed by atoms with Crippen molar-refractivity contribution in [2.24, 2.45) is 0 Å². The van der Waals surface area contributed by atoms with E-state index in [2.05, 4.69) is 61.5 Å². The van der Waals surface area contributed by atoms with Crippen LogP contribution in [-0.4, -0.2) is 14.5 Å². The molecule has 0 amide bonds. The molecular weight excluding hydrogens is 259 g/mol. The second kappa shape index (κ2) is 3.93. The fraction of sp³-hybridized carbons (Fsp3) is 0.0667. The molecule has 0 N–H and O–H groups in total. The molecule has 0 unspecified atom stereocenters. The van der Waals surface area contributed by atoms with E-state index in [1.54, 1.807) is 0 Å². The SMILES string of the molecule is Cc1ccc(-c2cc3ccccc3[se]2)cc1. The molecule has 1 heterocycles. The molecule has 1 aromatic heterocycles. The van der Waals surface area contributed by atoms with Crippen LogP contribution < -0.4 is 0 Å². The Hall–Kier alpha value is -1.30. The van der Waals surface area contributed by atoms with Gasteiger partial charge in [-0.1, -0.05) is 0 Å². The Kier molecular flexibility index (Phi) is 2.43. The van der Waals surface area contributed by atoms with Gasteiger partial charge >= 0.3 is 101 Å². The van der Waals surface area contributed by atoms with E-state index in [4.69, 9.17) is 0 Å². The van der Waals surface area contributed by atoms with Crippen LogP contribution in [0, 0.1) is 6.92 Å². The molecule has 0 saturated heterocycles. The van der Waals surface area contributed by atoms with Gasteiger partial charge in [-0.3, -0.25) is 0 Å². The molecule has 0 aliphatic rings. The van der Waals surface area contributed by atoms with Gasteiger partial charge in [-0.25, -0.2) is 0 Å². The van der Waals surface area contributed by atoms with Crippen molar-refractivity contribution < 1.29 is 0 Å². The molecule has 0 bridgehead atoms. The zero-order valence-corrected chi connectivity index (χ0v) is 10.8. The number of rotatable bonds is 1. The van der Waals surface area contributed by atoms with Crippen LogP contribution in [0.2, 0.25) is 0 Å². The predicted octanol–water partition coefficient (Wildman–Crippen LogP) is 3.87. The van der Waals surface area contributed by atoms with E-state index in [9.17, 15) is 0 Å². The summed E-state index contributed by atoms with van der Waals surface area (Å²) in [5.41, 5.74) is 2.70. The topological polar surface area (TPSA) is 0 Å². The average Bonchev–Trinajstić information content (AvgIpc) is 2.73. The Labute approximate surface area is 101 Å². The summed E-state index contributed by atoms with van der Waals surface area (Å²) in [5.74, 6) is 0. The standard InChI is InChI=1S/C15H12Se/c1-11-6-8-12(9-7-11)15-10-13-4-2-3-5-14(13)16-15/h2-10H,1H3. The van der Waals surface area contributed by atoms with E-state index in [-0.39, 0.29) is 0 Å². The number of fused-ring (bicyclic) bond motifs is 1. The normalized spacial score (nSPS) is 10.8. The summed E-state index contributed by atoms with van der Waals surface area (Å²) >= 11 is 0.478. The van der Waals surface area contributed by atoms with Crippen LogP contribution >= 0.6 is 0 Å². The van der Waals surface area contributed by atoms with Crippen molar-refractivity contribution >= 4 is 24.1 Å². The summed E-state index contributed by atoms with van der Waals surface area (Å²) in [5, 5.41) is 1.40. The van der Waals surface area contributed by atoms with Gasteiger partial charge in [-0.2, -0.15) is 0 Å². The molecule has 0 saturated carbocycles. The molecular formula is C15H12Se. The second-order valence-corrected chi connectivity index (χ2v) is 6.29. The van der Waals surface area contributed by atoms with Gasteiger partial charge < -0.3 is 0 Å². The first-order chi connectivity index (χ1) is 7.83. The third kappa shape index (κ3) is 1.73. The molecule has 3 rings (SSSR count). The van der Waals surface area contributed by atoms with Crippen molar-refractivity contribution in [2.75, 3.05) is 0 Å². The van der Waals surface area contributed by atoms with Crippen molar-refractivity contribution in [1.29, 1.82) is 0 Å². The maximum atomic E-state index is 2.33. The number of hydrogen-bond acceptors (Lipinski definition) is 0. The van der Waals surface area contributed by atoms with Crippen molar-refractivity contribution in [3.63, 3.8) is 0 Å². The molecule has 0 radical (unpaired) electrons. The minimum absolute atomic E-state index is 0.478. The molecule has 2 aromatic carbocycles. The fourth-order valence-corrected chi connectivity index (χ4v) is 4.08. The fourth-order valence-electron chi connectivity index (χ4n) is 1.84. The van der Waals surface area contributed by atoms with E-state index < -0.39 is 0 Å². The van der Waals surface area contributed by atoms with Gasteiger partial charge in [-0.15, -0.1) is 0 Å². The maximum absolute atomic E-state index is 2.33. The molecule has 0 atom stereocenters. The number of aryl methyl sites for hydroxylation is 1. The van der Waals surface area contributed by atoms with E-state index in [1.807, 2.05) is 0 Å². The zero-order valence-electron chi connectivity index (χ0n) is 9.10. The van der Waals surface area contributed by atoms with E-state index in [0.29, 0.717) is 14.5 Å². The Morgan fingerprint density at radius 1 is 0.875 bits per heavy atom. The van der Waals surface area contributed by atoms with Gasteiger partial charge in [-0.05, 0) is 0 Å². The number of benzene rings is 2. The molecule has 0 spiro atoms. The van der Waals surface area contributed by atoms with E-state index in [0.717, 1.165) is 0 Å². The van der Waals surface area contributed by atoms with Gasteiger partial charge in [0.1, 0.15) is 0 Å². The summed E-state index contributed by atoms with van der Waals surface area (Å²) in [6, 6.07) is 19.9. The van der Waals surface area contributed by atoms with Gasteiger partial charge in [0.2, 0.25) is 0 Å². The minimum atomic E-state index is 0.478. The van der Waals surface area contributed by atoms with Crippen LogP contribution in [0.4, 0.5) is 0 Å². The van der Waals surface area contributed by atoms with Crippen LogP contribution in [0.25, 0.3) is 19.6 Å². The summed E-state index contributed by atoms with van der Waals surface area (Å²) in [6.07, 6.45) is 0. The third-order valence-electron chi connectivity index (χ3n) is 2.76. The summed E-state index contributed by atoms with van der Waals surface area (Å²) < 4.78 is 3.00. The molecule has 0 fully saturated rings. The van der Waals surface area contributed by atoms with Gasteiger partial charge in [0.25, 0.3) is 0 Å². The molecule has 0 aliphatic heterocycles. The first kappa shape index (κ1) is 9.89. The monoisotopic (exact) mass is 272 g/mol. The Bertz CT molecular complexity index is 584. The Morgan fingerprint density at radius 2 is 1.62 bits per heavy atom. The summed E-state index contributed by atoms with van der Waals surface area (Å²) in [4.78, 5) is 0. The first-order valence-corrected chi connectivity index (χ1v) is 7.10. The number of hydrogen-bond donors (Lipinski definition) is 0. The van der Waals surface area contributed by atoms with Crippen LogP contribution in [0.15, 0.2) is 54.6 Å². The van der Waals surface area contributed by atoms with Crippen LogP contribution in [0.5, 0.6) is 0 Å². The first-order valence-electron chi connectivity index (χ1n) is 5.38. The van der Waals surface area contributed by atoms with Crippen molar-refractivity contribution in [2.45, 2.75) is 6.92 Å². The Morgan fingerprint density at radius 3 is 2.38 bits per heavy atom. The van der Waals surface area contributed by atoms with Gasteiger partial charge in [0.05, 0.1) is 0 Å². The molecule has 0 aliphatic carbocycles. The van der Waals surface area contributed by atoms with Gasteiger partial charge in [0.15, 0.2) is 0 Å². The zero-order chi connectivity index (χ0) is 11.0.